The highest BCUT2D eigenvalue weighted by Gasteiger charge is 2.24. The van der Waals surface area contributed by atoms with Crippen molar-refractivity contribution in [1.82, 2.24) is 29.9 Å². The number of benzene rings is 1. The normalized spacial score (nSPS) is 19.3. The molecule has 152 valence electrons. The Labute approximate surface area is 173 Å². The molecule has 0 spiro atoms. The van der Waals surface area contributed by atoms with Crippen LogP contribution in [-0.2, 0) is 0 Å². The molecule has 0 bridgehead atoms. The molecule has 2 unspecified atom stereocenters. The summed E-state index contributed by atoms with van der Waals surface area (Å²) in [6.45, 7) is 6.08. The third-order valence-corrected chi connectivity index (χ3v) is 5.27. The molecule has 1 aliphatic rings. The Morgan fingerprint density at radius 3 is 2.63 bits per heavy atom. The predicted octanol–water partition coefficient (Wildman–Crippen LogP) is 2.11. The Kier molecular flexibility index (Phi) is 4.51. The lowest BCUT2D eigenvalue weighted by Crippen LogP contribution is -2.54. The van der Waals surface area contributed by atoms with E-state index in [1.807, 2.05) is 12.1 Å². The van der Waals surface area contributed by atoms with Gasteiger partial charge in [-0.1, -0.05) is 0 Å². The molecule has 2 atom stereocenters. The Morgan fingerprint density at radius 1 is 1.07 bits per heavy atom. The standard InChI is InChI=1S/C21H22N8O/c1-13-11-28(12-14(2)26-13)17-5-4-15(18-19(17)23-8-7-22-18)21(30)27-16-10-25-29-9-3-6-24-20(16)29/h3-10,13-14,26H,11-12H2,1-2H3,(H,27,30). The van der Waals surface area contributed by atoms with E-state index in [0.717, 1.165) is 24.3 Å². The van der Waals surface area contributed by atoms with Crippen molar-refractivity contribution in [2.75, 3.05) is 23.3 Å². The SMILES string of the molecule is CC1CN(c2ccc(C(=O)Nc3cnn4cccnc34)c3nccnc23)CC(C)N1. The monoisotopic (exact) mass is 402 g/mol. The molecule has 1 fully saturated rings. The van der Waals surface area contributed by atoms with Crippen LogP contribution in [0.25, 0.3) is 16.7 Å². The Balaban J connectivity index is 1.52. The van der Waals surface area contributed by atoms with Crippen LogP contribution in [0, 0.1) is 0 Å². The van der Waals surface area contributed by atoms with Crippen LogP contribution in [0.4, 0.5) is 11.4 Å². The van der Waals surface area contributed by atoms with Crippen molar-refractivity contribution in [1.29, 1.82) is 0 Å². The number of nitrogens with zero attached hydrogens (tertiary/aromatic N) is 6. The fraction of sp³-hybridized carbons (Fsp3) is 0.286. The summed E-state index contributed by atoms with van der Waals surface area (Å²) in [5.41, 5.74) is 3.90. The third kappa shape index (κ3) is 3.22. The van der Waals surface area contributed by atoms with Gasteiger partial charge in [0.1, 0.15) is 16.7 Å². The van der Waals surface area contributed by atoms with Crippen LogP contribution in [0.5, 0.6) is 0 Å². The largest absolute Gasteiger partial charge is 0.367 e. The number of carbonyl (C=O) groups excluding carboxylic acids is 1. The number of anilines is 2. The summed E-state index contributed by atoms with van der Waals surface area (Å²) in [6, 6.07) is 6.30. The van der Waals surface area contributed by atoms with Crippen LogP contribution in [0.1, 0.15) is 24.2 Å². The maximum atomic E-state index is 13.1. The van der Waals surface area contributed by atoms with Gasteiger partial charge in [-0.25, -0.2) is 9.50 Å². The summed E-state index contributed by atoms with van der Waals surface area (Å²) in [7, 11) is 0. The molecule has 1 saturated heterocycles. The first-order valence-corrected chi connectivity index (χ1v) is 9.94. The van der Waals surface area contributed by atoms with E-state index in [1.54, 1.807) is 41.6 Å². The summed E-state index contributed by atoms with van der Waals surface area (Å²) < 4.78 is 1.61. The van der Waals surface area contributed by atoms with Crippen LogP contribution < -0.4 is 15.5 Å². The highest BCUT2D eigenvalue weighted by atomic mass is 16.1. The minimum Gasteiger partial charge on any atom is -0.367 e. The second-order valence-corrected chi connectivity index (χ2v) is 7.66. The van der Waals surface area contributed by atoms with E-state index >= 15 is 0 Å². The number of rotatable bonds is 3. The Hall–Kier alpha value is -3.59. The number of hydrogen-bond acceptors (Lipinski definition) is 7. The van der Waals surface area contributed by atoms with Crippen molar-refractivity contribution in [2.45, 2.75) is 25.9 Å². The van der Waals surface area contributed by atoms with Gasteiger partial charge >= 0.3 is 0 Å². The van der Waals surface area contributed by atoms with Crippen LogP contribution in [0.15, 0.2) is 49.2 Å². The molecular weight excluding hydrogens is 380 g/mol. The maximum absolute atomic E-state index is 13.1. The molecular formula is C21H22N8O. The van der Waals surface area contributed by atoms with Gasteiger partial charge in [0.25, 0.3) is 5.91 Å². The van der Waals surface area contributed by atoms with Gasteiger partial charge in [0.2, 0.25) is 0 Å². The number of piperazine rings is 1. The molecule has 0 saturated carbocycles. The lowest BCUT2D eigenvalue weighted by Gasteiger charge is -2.38. The van der Waals surface area contributed by atoms with Gasteiger partial charge in [-0.15, -0.1) is 0 Å². The molecule has 0 radical (unpaired) electrons. The molecule has 4 heterocycles. The number of nitrogens with one attached hydrogen (secondary N) is 2. The van der Waals surface area contributed by atoms with E-state index in [0.29, 0.717) is 34.5 Å². The quantitative estimate of drug-likeness (QED) is 0.541. The van der Waals surface area contributed by atoms with Crippen molar-refractivity contribution >= 4 is 34.0 Å². The topological polar surface area (TPSA) is 100 Å². The summed E-state index contributed by atoms with van der Waals surface area (Å²) in [5, 5.41) is 10.7. The lowest BCUT2D eigenvalue weighted by molar-refractivity contribution is 0.102. The number of hydrogen-bond donors (Lipinski definition) is 2. The molecule has 5 rings (SSSR count). The fourth-order valence-corrected chi connectivity index (χ4v) is 4.11. The zero-order chi connectivity index (χ0) is 20.7. The fourth-order valence-electron chi connectivity index (χ4n) is 4.11. The average Bonchev–Trinajstić information content (AvgIpc) is 3.15. The summed E-state index contributed by atoms with van der Waals surface area (Å²) in [6.07, 6.45) is 8.31. The van der Waals surface area contributed by atoms with Crippen molar-refractivity contribution in [3.05, 3.63) is 54.7 Å². The van der Waals surface area contributed by atoms with Gasteiger partial charge in [-0.3, -0.25) is 14.8 Å². The summed E-state index contributed by atoms with van der Waals surface area (Å²) in [5.74, 6) is -0.269. The first kappa shape index (κ1) is 18.4. The van der Waals surface area contributed by atoms with Gasteiger partial charge in [0, 0.05) is 50.0 Å². The molecule has 1 aliphatic heterocycles. The zero-order valence-corrected chi connectivity index (χ0v) is 16.8. The maximum Gasteiger partial charge on any atom is 0.258 e. The van der Waals surface area contributed by atoms with Crippen LogP contribution >= 0.6 is 0 Å². The van der Waals surface area contributed by atoms with Crippen LogP contribution in [0.3, 0.4) is 0 Å². The number of carbonyl (C=O) groups is 1. The van der Waals surface area contributed by atoms with Gasteiger partial charge in [-0.05, 0) is 32.0 Å². The molecule has 9 nitrogen and oxygen atoms in total. The van der Waals surface area contributed by atoms with Gasteiger partial charge in [0.15, 0.2) is 5.65 Å². The average molecular weight is 402 g/mol. The second-order valence-electron chi connectivity index (χ2n) is 7.66. The number of aromatic nitrogens is 5. The van der Waals surface area contributed by atoms with Gasteiger partial charge in [-0.2, -0.15) is 5.10 Å². The number of amides is 1. The van der Waals surface area contributed by atoms with E-state index in [2.05, 4.69) is 49.4 Å². The molecule has 9 heteroatoms. The van der Waals surface area contributed by atoms with Crippen molar-refractivity contribution in [3.63, 3.8) is 0 Å². The summed E-state index contributed by atoms with van der Waals surface area (Å²) >= 11 is 0. The van der Waals surface area contributed by atoms with Crippen LogP contribution in [0.2, 0.25) is 0 Å². The van der Waals surface area contributed by atoms with Gasteiger partial charge in [0.05, 0.1) is 17.4 Å². The van der Waals surface area contributed by atoms with E-state index in [9.17, 15) is 4.79 Å². The minimum atomic E-state index is -0.269. The van der Waals surface area contributed by atoms with E-state index < -0.39 is 0 Å². The summed E-state index contributed by atoms with van der Waals surface area (Å²) in [4.78, 5) is 28.7. The zero-order valence-electron chi connectivity index (χ0n) is 16.8. The lowest BCUT2D eigenvalue weighted by atomic mass is 10.1. The molecule has 3 aromatic heterocycles. The van der Waals surface area contributed by atoms with Gasteiger partial charge < -0.3 is 15.5 Å². The molecule has 2 N–H and O–H groups in total. The van der Waals surface area contributed by atoms with E-state index in [-0.39, 0.29) is 5.91 Å². The first-order chi connectivity index (χ1) is 14.6. The molecule has 1 aromatic carbocycles. The molecule has 30 heavy (non-hydrogen) atoms. The highest BCUT2D eigenvalue weighted by Crippen LogP contribution is 2.28. The molecule has 1 amide bonds. The van der Waals surface area contributed by atoms with Crippen molar-refractivity contribution in [3.8, 4) is 0 Å². The Morgan fingerprint density at radius 2 is 1.83 bits per heavy atom. The minimum absolute atomic E-state index is 0.269. The van der Waals surface area contributed by atoms with E-state index in [1.165, 1.54) is 0 Å². The smallest absolute Gasteiger partial charge is 0.258 e. The first-order valence-electron chi connectivity index (χ1n) is 9.94. The van der Waals surface area contributed by atoms with E-state index in [4.69, 9.17) is 0 Å². The van der Waals surface area contributed by atoms with Crippen molar-refractivity contribution < 1.29 is 4.79 Å². The predicted molar refractivity (Wildman–Crippen MR) is 115 cm³/mol. The molecule has 0 aliphatic carbocycles. The van der Waals surface area contributed by atoms with Crippen LogP contribution in [-0.4, -0.2) is 55.6 Å². The highest BCUT2D eigenvalue weighted by molar-refractivity contribution is 6.14. The number of fused-ring (bicyclic) bond motifs is 2. The van der Waals surface area contributed by atoms with Crippen molar-refractivity contribution in [2.24, 2.45) is 0 Å². The second kappa shape index (κ2) is 7.34. The Bertz CT molecular complexity index is 1230. The third-order valence-electron chi connectivity index (χ3n) is 5.27. The molecule has 4 aromatic rings.